The number of benzene rings is 1. The average Bonchev–Trinajstić information content (AvgIpc) is 3.00. The number of H-pyrrole nitrogens is 1. The van der Waals surface area contributed by atoms with Gasteiger partial charge in [0.2, 0.25) is 0 Å². The van der Waals surface area contributed by atoms with Crippen molar-refractivity contribution in [2.24, 2.45) is 5.41 Å². The highest BCUT2D eigenvalue weighted by molar-refractivity contribution is 9.09. The van der Waals surface area contributed by atoms with Crippen LogP contribution in [0.25, 0.3) is 11.0 Å². The molecule has 4 heteroatoms. The fourth-order valence-corrected chi connectivity index (χ4v) is 4.08. The lowest BCUT2D eigenvalue weighted by Crippen LogP contribution is -2.05. The molecular formula is C13H15BrN2S. The second-order valence-corrected chi connectivity index (χ2v) is 6.51. The van der Waals surface area contributed by atoms with Gasteiger partial charge in [-0.2, -0.15) is 0 Å². The van der Waals surface area contributed by atoms with Crippen molar-refractivity contribution in [2.45, 2.75) is 24.9 Å². The number of nitrogens with zero attached hydrogens (tertiary/aromatic N) is 1. The second kappa shape index (κ2) is 4.32. The highest BCUT2D eigenvalue weighted by Crippen LogP contribution is 2.50. The molecule has 1 saturated carbocycles. The lowest BCUT2D eigenvalue weighted by Gasteiger charge is -2.08. The van der Waals surface area contributed by atoms with E-state index in [4.69, 9.17) is 0 Å². The van der Waals surface area contributed by atoms with Crippen molar-refractivity contribution >= 4 is 38.7 Å². The minimum atomic E-state index is 0.541. The molecule has 0 saturated heterocycles. The number of imidazole rings is 1. The van der Waals surface area contributed by atoms with Crippen LogP contribution in [0.2, 0.25) is 0 Å². The number of alkyl halides is 1. The van der Waals surface area contributed by atoms with Crippen LogP contribution >= 0.6 is 27.7 Å². The summed E-state index contributed by atoms with van der Waals surface area (Å²) in [7, 11) is 0. The molecule has 1 aliphatic rings. The normalized spacial score (nSPS) is 17.5. The van der Waals surface area contributed by atoms with E-state index < -0.39 is 0 Å². The molecule has 1 heterocycles. The van der Waals surface area contributed by atoms with E-state index in [1.54, 1.807) is 0 Å². The average molecular weight is 311 g/mol. The zero-order valence-electron chi connectivity index (χ0n) is 9.79. The number of aromatic nitrogens is 2. The van der Waals surface area contributed by atoms with Crippen LogP contribution in [0.15, 0.2) is 23.4 Å². The Labute approximate surface area is 114 Å². The molecule has 0 radical (unpaired) electrons. The molecule has 2 aromatic rings. The third kappa shape index (κ3) is 2.38. The lowest BCUT2D eigenvalue weighted by molar-refractivity contribution is 0.685. The molecule has 0 bridgehead atoms. The topological polar surface area (TPSA) is 28.7 Å². The van der Waals surface area contributed by atoms with Gasteiger partial charge in [0.05, 0.1) is 11.0 Å². The number of hydrogen-bond donors (Lipinski definition) is 1. The first-order valence-electron chi connectivity index (χ1n) is 5.86. The molecule has 0 atom stereocenters. The molecule has 1 aromatic heterocycles. The Morgan fingerprint density at radius 2 is 2.29 bits per heavy atom. The van der Waals surface area contributed by atoms with Crippen LogP contribution in [0, 0.1) is 12.3 Å². The fraction of sp³-hybridized carbons (Fsp3) is 0.462. The molecule has 17 heavy (non-hydrogen) atoms. The first kappa shape index (κ1) is 11.6. The summed E-state index contributed by atoms with van der Waals surface area (Å²) in [5.41, 5.74) is 4.04. The second-order valence-electron chi connectivity index (χ2n) is 4.98. The van der Waals surface area contributed by atoms with E-state index in [9.17, 15) is 0 Å². The zero-order chi connectivity index (χ0) is 11.9. The van der Waals surface area contributed by atoms with Crippen LogP contribution in [0.4, 0.5) is 0 Å². The number of halogens is 1. The summed E-state index contributed by atoms with van der Waals surface area (Å²) >= 11 is 5.46. The van der Waals surface area contributed by atoms with Crippen molar-refractivity contribution < 1.29 is 0 Å². The first-order chi connectivity index (χ1) is 8.21. The van der Waals surface area contributed by atoms with Crippen LogP contribution in [-0.4, -0.2) is 21.1 Å². The number of nitrogens with one attached hydrogen (secondary N) is 1. The Morgan fingerprint density at radius 3 is 3.00 bits per heavy atom. The first-order valence-corrected chi connectivity index (χ1v) is 7.97. The predicted octanol–water partition coefficient (Wildman–Crippen LogP) is 4.14. The maximum Gasteiger partial charge on any atom is 0.166 e. The number of aryl methyl sites for hydroxylation is 1. The largest absolute Gasteiger partial charge is 0.333 e. The van der Waals surface area contributed by atoms with Crippen molar-refractivity contribution in [3.05, 3.63) is 23.8 Å². The molecule has 0 aliphatic heterocycles. The Kier molecular flexibility index (Phi) is 2.95. The molecule has 1 fully saturated rings. The van der Waals surface area contributed by atoms with Crippen LogP contribution < -0.4 is 0 Å². The summed E-state index contributed by atoms with van der Waals surface area (Å²) in [4.78, 5) is 8.01. The van der Waals surface area contributed by atoms with Crippen LogP contribution in [0.5, 0.6) is 0 Å². The Hall–Kier alpha value is -0.480. The van der Waals surface area contributed by atoms with E-state index in [-0.39, 0.29) is 0 Å². The van der Waals surface area contributed by atoms with Crippen molar-refractivity contribution in [3.63, 3.8) is 0 Å². The molecule has 2 nitrogen and oxygen atoms in total. The molecule has 0 unspecified atom stereocenters. The zero-order valence-corrected chi connectivity index (χ0v) is 12.2. The summed E-state index contributed by atoms with van der Waals surface area (Å²) in [6, 6.07) is 6.35. The van der Waals surface area contributed by atoms with E-state index in [1.807, 2.05) is 11.8 Å². The molecule has 1 aliphatic carbocycles. The summed E-state index contributed by atoms with van der Waals surface area (Å²) in [5.74, 6) is 1.16. The minimum absolute atomic E-state index is 0.541. The van der Waals surface area contributed by atoms with E-state index in [1.165, 1.54) is 18.4 Å². The van der Waals surface area contributed by atoms with Gasteiger partial charge in [-0.05, 0) is 42.9 Å². The lowest BCUT2D eigenvalue weighted by atomic mass is 10.2. The molecule has 1 aromatic carbocycles. The molecule has 0 amide bonds. The van der Waals surface area contributed by atoms with Gasteiger partial charge in [0.25, 0.3) is 0 Å². The molecule has 1 N–H and O–H groups in total. The SMILES string of the molecule is Cc1ccc2nc(SCC3(CBr)CC3)[nH]c2c1. The van der Waals surface area contributed by atoms with Crippen molar-refractivity contribution in [2.75, 3.05) is 11.1 Å². The quantitative estimate of drug-likeness (QED) is 0.679. The van der Waals surface area contributed by atoms with Gasteiger partial charge in [-0.1, -0.05) is 33.8 Å². The highest BCUT2D eigenvalue weighted by Gasteiger charge is 2.41. The van der Waals surface area contributed by atoms with Gasteiger partial charge in [-0.15, -0.1) is 0 Å². The van der Waals surface area contributed by atoms with Crippen LogP contribution in [0.3, 0.4) is 0 Å². The van der Waals surface area contributed by atoms with E-state index in [2.05, 4.69) is 51.0 Å². The van der Waals surface area contributed by atoms with Crippen molar-refractivity contribution in [1.29, 1.82) is 0 Å². The Balaban J connectivity index is 1.77. The van der Waals surface area contributed by atoms with Crippen LogP contribution in [0.1, 0.15) is 18.4 Å². The van der Waals surface area contributed by atoms with Crippen molar-refractivity contribution in [1.82, 2.24) is 9.97 Å². The standard InChI is InChI=1S/C13H15BrN2S/c1-9-2-3-10-11(6-9)16-12(15-10)17-8-13(7-14)4-5-13/h2-3,6H,4-5,7-8H2,1H3,(H,15,16). The van der Waals surface area contributed by atoms with Gasteiger partial charge in [0.1, 0.15) is 0 Å². The number of thioether (sulfide) groups is 1. The maximum absolute atomic E-state index is 4.61. The van der Waals surface area contributed by atoms with Crippen LogP contribution in [-0.2, 0) is 0 Å². The molecule has 3 rings (SSSR count). The van der Waals surface area contributed by atoms with E-state index in [0.29, 0.717) is 5.41 Å². The summed E-state index contributed by atoms with van der Waals surface area (Å²) in [5, 5.41) is 2.17. The van der Waals surface area contributed by atoms with Gasteiger partial charge >= 0.3 is 0 Å². The predicted molar refractivity (Wildman–Crippen MR) is 77.0 cm³/mol. The Morgan fingerprint density at radius 1 is 1.47 bits per heavy atom. The van der Waals surface area contributed by atoms with Gasteiger partial charge in [-0.3, -0.25) is 0 Å². The molecule has 0 spiro atoms. The minimum Gasteiger partial charge on any atom is -0.333 e. The number of rotatable bonds is 4. The maximum atomic E-state index is 4.61. The number of hydrogen-bond acceptors (Lipinski definition) is 2. The monoisotopic (exact) mass is 310 g/mol. The van der Waals surface area contributed by atoms with Gasteiger partial charge in [0, 0.05) is 11.1 Å². The summed E-state index contributed by atoms with van der Waals surface area (Å²) in [6.45, 7) is 2.11. The molecule has 90 valence electrons. The Bertz CT molecular complexity index is 545. The van der Waals surface area contributed by atoms with Crippen molar-refractivity contribution in [3.8, 4) is 0 Å². The third-order valence-corrected chi connectivity index (χ3v) is 5.78. The number of aromatic amines is 1. The van der Waals surface area contributed by atoms with E-state index >= 15 is 0 Å². The summed E-state index contributed by atoms with van der Waals surface area (Å²) in [6.07, 6.45) is 2.70. The summed E-state index contributed by atoms with van der Waals surface area (Å²) < 4.78 is 0. The van der Waals surface area contributed by atoms with Gasteiger partial charge in [0.15, 0.2) is 5.16 Å². The van der Waals surface area contributed by atoms with Gasteiger partial charge < -0.3 is 4.98 Å². The molecular weight excluding hydrogens is 296 g/mol. The third-order valence-electron chi connectivity index (χ3n) is 3.37. The van der Waals surface area contributed by atoms with Gasteiger partial charge in [-0.25, -0.2) is 4.98 Å². The highest BCUT2D eigenvalue weighted by atomic mass is 79.9. The van der Waals surface area contributed by atoms with E-state index in [0.717, 1.165) is 27.3 Å². The number of fused-ring (bicyclic) bond motifs is 1. The fourth-order valence-electron chi connectivity index (χ4n) is 1.88. The smallest absolute Gasteiger partial charge is 0.166 e.